The summed E-state index contributed by atoms with van der Waals surface area (Å²) in [5.41, 5.74) is 0. The molecule has 0 aromatic rings. The zero-order valence-electron chi connectivity index (χ0n) is 5.48. The Labute approximate surface area is 50.1 Å². The van der Waals surface area contributed by atoms with Gasteiger partial charge in [0.1, 0.15) is 5.78 Å². The minimum atomic E-state index is 0.412. The molecular weight excluding hydrogens is 100 g/mol. The van der Waals surface area contributed by atoms with E-state index in [0.29, 0.717) is 17.6 Å². The molecule has 0 aromatic heterocycles. The van der Waals surface area contributed by atoms with Crippen LogP contribution in [-0.2, 0) is 4.79 Å². The van der Waals surface area contributed by atoms with Crippen LogP contribution in [0.15, 0.2) is 0 Å². The first-order chi connectivity index (χ1) is 3.72. The molecule has 1 rings (SSSR count). The Morgan fingerprint density at radius 1 is 1.62 bits per heavy atom. The highest BCUT2D eigenvalue weighted by atomic mass is 16.1. The summed E-state index contributed by atoms with van der Waals surface area (Å²) in [5, 5.41) is 0. The van der Waals surface area contributed by atoms with Gasteiger partial charge in [0.25, 0.3) is 0 Å². The summed E-state index contributed by atoms with van der Waals surface area (Å²) in [4.78, 5) is 10.7. The summed E-state index contributed by atoms with van der Waals surface area (Å²) in [5.74, 6) is 1.46. The van der Waals surface area contributed by atoms with E-state index in [4.69, 9.17) is 0 Å². The predicted molar refractivity (Wildman–Crippen MR) is 32.6 cm³/mol. The van der Waals surface area contributed by atoms with E-state index in [1.165, 1.54) is 0 Å². The van der Waals surface area contributed by atoms with Crippen molar-refractivity contribution in [3.8, 4) is 0 Å². The first kappa shape index (κ1) is 5.80. The largest absolute Gasteiger partial charge is 0.299 e. The van der Waals surface area contributed by atoms with Crippen molar-refractivity contribution in [3.05, 3.63) is 0 Å². The molecule has 0 heterocycles. The van der Waals surface area contributed by atoms with Gasteiger partial charge >= 0.3 is 0 Å². The summed E-state index contributed by atoms with van der Waals surface area (Å²) >= 11 is 0. The molecule has 1 fully saturated rings. The fourth-order valence-electron chi connectivity index (χ4n) is 1.13. The molecule has 0 aliphatic heterocycles. The highest BCUT2D eigenvalue weighted by Gasteiger charge is 2.29. The predicted octanol–water partition coefficient (Wildman–Crippen LogP) is 1.62. The molecule has 1 aliphatic rings. The second-order valence-electron chi connectivity index (χ2n) is 2.86. The van der Waals surface area contributed by atoms with Gasteiger partial charge in [-0.1, -0.05) is 13.8 Å². The SMILES string of the molecule is CC(C)C1CCC1=O. The molecule has 1 saturated carbocycles. The van der Waals surface area contributed by atoms with E-state index in [0.717, 1.165) is 12.8 Å². The van der Waals surface area contributed by atoms with Crippen LogP contribution in [0.2, 0.25) is 0 Å². The Balaban J connectivity index is 2.37. The van der Waals surface area contributed by atoms with Gasteiger partial charge in [0, 0.05) is 12.3 Å². The molecular formula is C7H12O. The quantitative estimate of drug-likeness (QED) is 0.503. The van der Waals surface area contributed by atoms with Gasteiger partial charge in [0.05, 0.1) is 0 Å². The topological polar surface area (TPSA) is 17.1 Å². The number of hydrogen-bond donors (Lipinski definition) is 0. The lowest BCUT2D eigenvalue weighted by Gasteiger charge is -2.26. The van der Waals surface area contributed by atoms with Crippen molar-refractivity contribution in [2.75, 3.05) is 0 Å². The lowest BCUT2D eigenvalue weighted by Crippen LogP contribution is -2.29. The molecule has 1 aliphatic carbocycles. The first-order valence-corrected chi connectivity index (χ1v) is 3.24. The molecule has 1 heteroatoms. The van der Waals surface area contributed by atoms with E-state index in [-0.39, 0.29) is 0 Å². The van der Waals surface area contributed by atoms with E-state index < -0.39 is 0 Å². The Morgan fingerprint density at radius 3 is 2.25 bits per heavy atom. The van der Waals surface area contributed by atoms with Gasteiger partial charge in [-0.25, -0.2) is 0 Å². The summed E-state index contributed by atoms with van der Waals surface area (Å²) in [7, 11) is 0. The van der Waals surface area contributed by atoms with Gasteiger partial charge in [-0.2, -0.15) is 0 Å². The molecule has 1 atom stereocenters. The van der Waals surface area contributed by atoms with E-state index in [1.807, 2.05) is 0 Å². The zero-order valence-corrected chi connectivity index (χ0v) is 5.48. The molecule has 0 aromatic carbocycles. The zero-order chi connectivity index (χ0) is 6.15. The van der Waals surface area contributed by atoms with Gasteiger partial charge in [-0.3, -0.25) is 4.79 Å². The Morgan fingerprint density at radius 2 is 2.25 bits per heavy atom. The monoisotopic (exact) mass is 112 g/mol. The number of hydrogen-bond acceptors (Lipinski definition) is 1. The normalized spacial score (nSPS) is 28.4. The second kappa shape index (κ2) is 1.88. The summed E-state index contributed by atoms with van der Waals surface area (Å²) in [6.45, 7) is 4.23. The fraction of sp³-hybridized carbons (Fsp3) is 0.857. The average Bonchev–Trinajstić information content (AvgIpc) is 1.61. The third kappa shape index (κ3) is 0.770. The van der Waals surface area contributed by atoms with Crippen LogP contribution in [-0.4, -0.2) is 5.78 Å². The van der Waals surface area contributed by atoms with Crippen molar-refractivity contribution in [1.29, 1.82) is 0 Å². The van der Waals surface area contributed by atoms with Crippen molar-refractivity contribution >= 4 is 5.78 Å². The summed E-state index contributed by atoms with van der Waals surface area (Å²) in [6.07, 6.45) is 1.97. The van der Waals surface area contributed by atoms with Crippen molar-refractivity contribution in [1.82, 2.24) is 0 Å². The fourth-order valence-corrected chi connectivity index (χ4v) is 1.13. The lowest BCUT2D eigenvalue weighted by molar-refractivity contribution is -0.130. The Kier molecular flexibility index (Phi) is 1.37. The maximum atomic E-state index is 10.7. The molecule has 0 N–H and O–H groups in total. The molecule has 0 radical (unpaired) electrons. The number of Topliss-reactive ketones (excluding diaryl/α,β-unsaturated/α-hetero) is 1. The summed E-state index contributed by atoms with van der Waals surface area (Å²) < 4.78 is 0. The Hall–Kier alpha value is -0.330. The van der Waals surface area contributed by atoms with E-state index in [2.05, 4.69) is 13.8 Å². The Bertz CT molecular complexity index is 105. The summed E-state index contributed by atoms with van der Waals surface area (Å²) in [6, 6.07) is 0. The van der Waals surface area contributed by atoms with Gasteiger partial charge in [-0.15, -0.1) is 0 Å². The van der Waals surface area contributed by atoms with Gasteiger partial charge in [0.2, 0.25) is 0 Å². The van der Waals surface area contributed by atoms with Crippen LogP contribution in [0.25, 0.3) is 0 Å². The highest BCUT2D eigenvalue weighted by molar-refractivity contribution is 5.86. The second-order valence-corrected chi connectivity index (χ2v) is 2.86. The maximum Gasteiger partial charge on any atom is 0.136 e. The molecule has 8 heavy (non-hydrogen) atoms. The first-order valence-electron chi connectivity index (χ1n) is 3.24. The highest BCUT2D eigenvalue weighted by Crippen LogP contribution is 2.28. The van der Waals surface area contributed by atoms with Crippen LogP contribution < -0.4 is 0 Å². The van der Waals surface area contributed by atoms with Crippen LogP contribution in [0.3, 0.4) is 0 Å². The molecule has 0 bridgehead atoms. The van der Waals surface area contributed by atoms with E-state index in [1.54, 1.807) is 0 Å². The van der Waals surface area contributed by atoms with Crippen LogP contribution in [0.5, 0.6) is 0 Å². The minimum absolute atomic E-state index is 0.412. The van der Waals surface area contributed by atoms with Crippen LogP contribution in [0.1, 0.15) is 26.7 Å². The number of carbonyl (C=O) groups excluding carboxylic acids is 1. The number of rotatable bonds is 1. The van der Waals surface area contributed by atoms with E-state index >= 15 is 0 Å². The van der Waals surface area contributed by atoms with Crippen molar-refractivity contribution in [2.24, 2.45) is 11.8 Å². The van der Waals surface area contributed by atoms with Crippen LogP contribution >= 0.6 is 0 Å². The molecule has 0 amide bonds. The van der Waals surface area contributed by atoms with Crippen LogP contribution in [0.4, 0.5) is 0 Å². The molecule has 0 spiro atoms. The molecule has 1 unspecified atom stereocenters. The third-order valence-corrected chi connectivity index (χ3v) is 1.92. The van der Waals surface area contributed by atoms with Gasteiger partial charge < -0.3 is 0 Å². The number of carbonyl (C=O) groups is 1. The van der Waals surface area contributed by atoms with E-state index in [9.17, 15) is 4.79 Å². The van der Waals surface area contributed by atoms with Gasteiger partial charge in [-0.05, 0) is 12.3 Å². The maximum absolute atomic E-state index is 10.7. The standard InChI is InChI=1S/C7H12O/c1-5(2)6-3-4-7(6)8/h5-6H,3-4H2,1-2H3. The van der Waals surface area contributed by atoms with Crippen molar-refractivity contribution < 1.29 is 4.79 Å². The van der Waals surface area contributed by atoms with Crippen LogP contribution in [0, 0.1) is 11.8 Å². The molecule has 0 saturated heterocycles. The van der Waals surface area contributed by atoms with Crippen molar-refractivity contribution in [3.63, 3.8) is 0 Å². The third-order valence-electron chi connectivity index (χ3n) is 1.92. The lowest BCUT2D eigenvalue weighted by atomic mass is 9.76. The van der Waals surface area contributed by atoms with Gasteiger partial charge in [0.15, 0.2) is 0 Å². The number of ketones is 1. The smallest absolute Gasteiger partial charge is 0.136 e. The average molecular weight is 112 g/mol. The molecule has 46 valence electrons. The van der Waals surface area contributed by atoms with Crippen molar-refractivity contribution in [2.45, 2.75) is 26.7 Å². The minimum Gasteiger partial charge on any atom is -0.299 e. The molecule has 1 nitrogen and oxygen atoms in total.